The molecule has 1 saturated heterocycles. The van der Waals surface area contributed by atoms with Gasteiger partial charge in [0.1, 0.15) is 5.75 Å². The number of benzene rings is 2. The van der Waals surface area contributed by atoms with Crippen molar-refractivity contribution >= 4 is 16.7 Å². The van der Waals surface area contributed by atoms with Crippen LogP contribution < -0.4 is 0 Å². The van der Waals surface area contributed by atoms with Crippen LogP contribution >= 0.6 is 0 Å². The van der Waals surface area contributed by atoms with Gasteiger partial charge >= 0.3 is 0 Å². The van der Waals surface area contributed by atoms with Gasteiger partial charge in [0.15, 0.2) is 0 Å². The zero-order valence-corrected chi connectivity index (χ0v) is 16.7. The SMILES string of the molecule is COCCN(C)C[C@H]1C[C@H](CO)CN(C(=O)c2ccc3ccccc3c2O)C1. The molecule has 3 rings (SSSR count). The molecular weight excluding hydrogens is 356 g/mol. The van der Waals surface area contributed by atoms with E-state index < -0.39 is 0 Å². The molecule has 2 atom stereocenters. The van der Waals surface area contributed by atoms with Crippen LogP contribution in [0.2, 0.25) is 0 Å². The average Bonchev–Trinajstić information content (AvgIpc) is 2.72. The van der Waals surface area contributed by atoms with Gasteiger partial charge in [-0.15, -0.1) is 0 Å². The highest BCUT2D eigenvalue weighted by atomic mass is 16.5. The van der Waals surface area contributed by atoms with E-state index >= 15 is 0 Å². The number of nitrogens with zero attached hydrogens (tertiary/aromatic N) is 2. The van der Waals surface area contributed by atoms with Gasteiger partial charge in [-0.1, -0.05) is 30.3 Å². The quantitative estimate of drug-likeness (QED) is 0.763. The van der Waals surface area contributed by atoms with E-state index in [0.29, 0.717) is 30.6 Å². The molecule has 0 bridgehead atoms. The van der Waals surface area contributed by atoms with Crippen molar-refractivity contribution < 1.29 is 19.7 Å². The Morgan fingerprint density at radius 1 is 1.21 bits per heavy atom. The highest BCUT2D eigenvalue weighted by molar-refractivity contribution is 6.03. The Labute approximate surface area is 166 Å². The van der Waals surface area contributed by atoms with Gasteiger partial charge in [-0.2, -0.15) is 0 Å². The van der Waals surface area contributed by atoms with Gasteiger partial charge in [0.2, 0.25) is 0 Å². The molecule has 1 fully saturated rings. The summed E-state index contributed by atoms with van der Waals surface area (Å²) < 4.78 is 5.14. The lowest BCUT2D eigenvalue weighted by Gasteiger charge is -2.38. The number of fused-ring (bicyclic) bond motifs is 1. The molecule has 1 aliphatic heterocycles. The average molecular weight is 386 g/mol. The molecule has 28 heavy (non-hydrogen) atoms. The third kappa shape index (κ3) is 4.63. The summed E-state index contributed by atoms with van der Waals surface area (Å²) in [6.07, 6.45) is 0.890. The van der Waals surface area contributed by atoms with Crippen molar-refractivity contribution in [1.29, 1.82) is 0 Å². The number of amides is 1. The Morgan fingerprint density at radius 3 is 2.71 bits per heavy atom. The molecule has 1 aliphatic rings. The molecular formula is C22H30N2O4. The molecule has 0 aliphatic carbocycles. The first-order valence-corrected chi connectivity index (χ1v) is 9.81. The van der Waals surface area contributed by atoms with Gasteiger partial charge in [-0.25, -0.2) is 0 Å². The van der Waals surface area contributed by atoms with Crippen LogP contribution in [0.1, 0.15) is 16.8 Å². The summed E-state index contributed by atoms with van der Waals surface area (Å²) in [7, 11) is 3.73. The van der Waals surface area contributed by atoms with Crippen LogP contribution in [0.5, 0.6) is 5.75 Å². The molecule has 0 saturated carbocycles. The number of ether oxygens (including phenoxy) is 1. The fraction of sp³-hybridized carbons (Fsp3) is 0.500. The summed E-state index contributed by atoms with van der Waals surface area (Å²) in [6.45, 7) is 3.54. The van der Waals surface area contributed by atoms with Crippen molar-refractivity contribution in [3.05, 3.63) is 42.0 Å². The third-order valence-corrected chi connectivity index (χ3v) is 5.55. The third-order valence-electron chi connectivity index (χ3n) is 5.55. The molecule has 152 valence electrons. The molecule has 1 heterocycles. The molecule has 6 heteroatoms. The predicted molar refractivity (Wildman–Crippen MR) is 110 cm³/mol. The van der Waals surface area contributed by atoms with Gasteiger partial charge < -0.3 is 24.7 Å². The number of aliphatic hydroxyl groups is 1. The smallest absolute Gasteiger partial charge is 0.257 e. The number of carbonyl (C=O) groups is 1. The summed E-state index contributed by atoms with van der Waals surface area (Å²) in [6, 6.07) is 11.1. The number of hydrogen-bond acceptors (Lipinski definition) is 5. The number of likely N-dealkylation sites (tertiary alicyclic amines) is 1. The predicted octanol–water partition coefficient (Wildman–Crippen LogP) is 2.19. The second-order valence-corrected chi connectivity index (χ2v) is 7.80. The van der Waals surface area contributed by atoms with Gasteiger partial charge in [0.05, 0.1) is 12.2 Å². The fourth-order valence-electron chi connectivity index (χ4n) is 4.13. The van der Waals surface area contributed by atoms with Crippen molar-refractivity contribution in [2.75, 3.05) is 53.6 Å². The molecule has 0 unspecified atom stereocenters. The summed E-state index contributed by atoms with van der Waals surface area (Å²) in [5.41, 5.74) is 0.323. The fourth-order valence-corrected chi connectivity index (χ4v) is 4.13. The van der Waals surface area contributed by atoms with E-state index in [0.717, 1.165) is 24.9 Å². The topological polar surface area (TPSA) is 73.2 Å². The van der Waals surface area contributed by atoms with E-state index in [2.05, 4.69) is 4.90 Å². The van der Waals surface area contributed by atoms with Crippen LogP contribution in [0.4, 0.5) is 0 Å². The Bertz CT molecular complexity index is 810. The number of aliphatic hydroxyl groups excluding tert-OH is 1. The van der Waals surface area contributed by atoms with Gasteiger partial charge in [0, 0.05) is 45.3 Å². The number of methoxy groups -OCH3 is 1. The second-order valence-electron chi connectivity index (χ2n) is 7.80. The Kier molecular flexibility index (Phi) is 6.88. The monoisotopic (exact) mass is 386 g/mol. The van der Waals surface area contributed by atoms with Crippen LogP contribution in [0.15, 0.2) is 36.4 Å². The van der Waals surface area contributed by atoms with Gasteiger partial charge in [0.25, 0.3) is 5.91 Å². The summed E-state index contributed by atoms with van der Waals surface area (Å²) >= 11 is 0. The lowest BCUT2D eigenvalue weighted by Crippen LogP contribution is -2.47. The number of likely N-dealkylation sites (N-methyl/N-ethyl adjacent to an activating group) is 1. The maximum atomic E-state index is 13.2. The lowest BCUT2D eigenvalue weighted by molar-refractivity contribution is 0.0448. The summed E-state index contributed by atoms with van der Waals surface area (Å²) in [5, 5.41) is 22.0. The van der Waals surface area contributed by atoms with E-state index in [1.54, 1.807) is 18.1 Å². The zero-order chi connectivity index (χ0) is 20.1. The lowest BCUT2D eigenvalue weighted by atomic mass is 9.88. The number of piperidine rings is 1. The van der Waals surface area contributed by atoms with Gasteiger partial charge in [-0.3, -0.25) is 4.79 Å². The summed E-state index contributed by atoms with van der Waals surface area (Å²) in [5.74, 6) is 0.189. The molecule has 2 aromatic carbocycles. The van der Waals surface area contributed by atoms with Crippen LogP contribution in [0.25, 0.3) is 10.8 Å². The van der Waals surface area contributed by atoms with E-state index in [4.69, 9.17) is 4.74 Å². The Balaban J connectivity index is 1.77. The first-order chi connectivity index (χ1) is 13.5. The number of aromatic hydroxyl groups is 1. The highest BCUT2D eigenvalue weighted by Crippen LogP contribution is 2.31. The standard InChI is InChI=1S/C22H30N2O4/c1-23(9-10-28-2)12-16-11-17(15-25)14-24(13-16)22(27)20-8-7-18-5-3-4-6-19(18)21(20)26/h3-8,16-17,25-26H,9-15H2,1-2H3/t16-,17+/m1/s1. The number of rotatable bonds is 7. The molecule has 0 spiro atoms. The van der Waals surface area contributed by atoms with Crippen molar-refractivity contribution in [3.8, 4) is 5.75 Å². The van der Waals surface area contributed by atoms with E-state index in [1.807, 2.05) is 37.4 Å². The molecule has 1 amide bonds. The maximum Gasteiger partial charge on any atom is 0.257 e. The number of phenolic OH excluding ortho intramolecular Hbond substituents is 1. The molecule has 0 aromatic heterocycles. The highest BCUT2D eigenvalue weighted by Gasteiger charge is 2.31. The minimum absolute atomic E-state index is 0.0305. The number of hydrogen-bond donors (Lipinski definition) is 2. The van der Waals surface area contributed by atoms with E-state index in [-0.39, 0.29) is 30.1 Å². The largest absolute Gasteiger partial charge is 0.506 e. The second kappa shape index (κ2) is 9.37. The van der Waals surface area contributed by atoms with Crippen molar-refractivity contribution in [2.24, 2.45) is 11.8 Å². The maximum absolute atomic E-state index is 13.2. The van der Waals surface area contributed by atoms with Crippen molar-refractivity contribution in [3.63, 3.8) is 0 Å². The van der Waals surface area contributed by atoms with Crippen molar-refractivity contribution in [2.45, 2.75) is 6.42 Å². The van der Waals surface area contributed by atoms with Crippen molar-refractivity contribution in [1.82, 2.24) is 9.80 Å². The van der Waals surface area contributed by atoms with Crippen LogP contribution in [0, 0.1) is 11.8 Å². The first kappa shape index (κ1) is 20.6. The molecule has 0 radical (unpaired) electrons. The van der Waals surface area contributed by atoms with E-state index in [9.17, 15) is 15.0 Å². The Morgan fingerprint density at radius 2 is 1.96 bits per heavy atom. The number of carbonyl (C=O) groups excluding carboxylic acids is 1. The summed E-state index contributed by atoms with van der Waals surface area (Å²) in [4.78, 5) is 17.2. The number of phenols is 1. The Hall–Kier alpha value is -2.15. The minimum Gasteiger partial charge on any atom is -0.506 e. The molecule has 6 nitrogen and oxygen atoms in total. The molecule has 2 N–H and O–H groups in total. The first-order valence-electron chi connectivity index (χ1n) is 9.81. The zero-order valence-electron chi connectivity index (χ0n) is 16.7. The van der Waals surface area contributed by atoms with E-state index in [1.165, 1.54) is 0 Å². The minimum atomic E-state index is -0.175. The molecule has 2 aromatic rings. The van der Waals surface area contributed by atoms with Crippen LogP contribution in [-0.4, -0.2) is 79.5 Å². The normalized spacial score (nSPS) is 20.1. The van der Waals surface area contributed by atoms with Gasteiger partial charge in [-0.05, 0) is 36.8 Å². The van der Waals surface area contributed by atoms with Crippen LogP contribution in [-0.2, 0) is 4.74 Å². The van der Waals surface area contributed by atoms with Crippen LogP contribution in [0.3, 0.4) is 0 Å².